The summed E-state index contributed by atoms with van der Waals surface area (Å²) in [6.45, 7) is 3.85. The first kappa shape index (κ1) is 14.8. The first-order valence-corrected chi connectivity index (χ1v) is 7.89. The number of rotatable bonds is 4. The number of fused-ring (bicyclic) bond motifs is 1. The lowest BCUT2D eigenvalue weighted by Crippen LogP contribution is -2.57. The van der Waals surface area contributed by atoms with Crippen LogP contribution in [-0.4, -0.2) is 36.4 Å². The minimum Gasteiger partial charge on any atom is -0.462 e. The lowest BCUT2D eigenvalue weighted by Gasteiger charge is -2.51. The highest BCUT2D eigenvalue weighted by Crippen LogP contribution is 2.54. The van der Waals surface area contributed by atoms with Crippen LogP contribution >= 0.6 is 0 Å². The fourth-order valence-electron chi connectivity index (χ4n) is 4.26. The van der Waals surface area contributed by atoms with E-state index in [9.17, 15) is 9.59 Å². The summed E-state index contributed by atoms with van der Waals surface area (Å²) in [6.07, 6.45) is 3.84. The fourth-order valence-corrected chi connectivity index (χ4v) is 4.26. The van der Waals surface area contributed by atoms with Crippen LogP contribution in [0.4, 0.5) is 0 Å². The van der Waals surface area contributed by atoms with Gasteiger partial charge >= 0.3 is 11.9 Å². The van der Waals surface area contributed by atoms with Crippen LogP contribution in [0.25, 0.3) is 0 Å². The van der Waals surface area contributed by atoms with E-state index in [-0.39, 0.29) is 35.5 Å². The molecule has 118 valence electrons. The van der Waals surface area contributed by atoms with Crippen molar-refractivity contribution in [2.24, 2.45) is 11.8 Å². The van der Waals surface area contributed by atoms with E-state index in [0.717, 1.165) is 6.42 Å². The molecule has 0 spiro atoms. The van der Waals surface area contributed by atoms with E-state index in [4.69, 9.17) is 14.2 Å². The number of ether oxygens (including phenoxy) is 3. The largest absolute Gasteiger partial charge is 0.462 e. The zero-order chi connectivity index (χ0) is 15.3. The van der Waals surface area contributed by atoms with Crippen molar-refractivity contribution in [2.45, 2.75) is 69.7 Å². The van der Waals surface area contributed by atoms with Gasteiger partial charge in [0.2, 0.25) is 0 Å². The normalized spacial score (nSPS) is 42.3. The van der Waals surface area contributed by atoms with Crippen molar-refractivity contribution < 1.29 is 23.8 Å². The van der Waals surface area contributed by atoms with E-state index in [1.54, 1.807) is 7.11 Å². The predicted octanol–water partition coefficient (Wildman–Crippen LogP) is 2.22. The van der Waals surface area contributed by atoms with Gasteiger partial charge in [-0.2, -0.15) is 0 Å². The average Bonchev–Trinajstić information content (AvgIpc) is 2.59. The Morgan fingerprint density at radius 1 is 1.33 bits per heavy atom. The van der Waals surface area contributed by atoms with Gasteiger partial charge in [0.15, 0.2) is 0 Å². The summed E-state index contributed by atoms with van der Waals surface area (Å²) in [5, 5.41) is 0. The van der Waals surface area contributed by atoms with E-state index in [0.29, 0.717) is 32.1 Å². The first-order chi connectivity index (χ1) is 9.91. The van der Waals surface area contributed by atoms with Crippen molar-refractivity contribution in [1.82, 2.24) is 0 Å². The maximum absolute atomic E-state index is 12.3. The second-order valence-electron chi connectivity index (χ2n) is 7.05. The summed E-state index contributed by atoms with van der Waals surface area (Å²) < 4.78 is 17.2. The number of methoxy groups -OCH3 is 1. The van der Waals surface area contributed by atoms with E-state index in [2.05, 4.69) is 0 Å². The highest BCUT2D eigenvalue weighted by molar-refractivity contribution is 5.75. The Hall–Kier alpha value is -1.10. The van der Waals surface area contributed by atoms with E-state index >= 15 is 0 Å². The molecular weight excluding hydrogens is 272 g/mol. The molecule has 2 heterocycles. The molecule has 2 aliphatic heterocycles. The second kappa shape index (κ2) is 4.97. The Bertz CT molecular complexity index is 462. The van der Waals surface area contributed by atoms with Crippen molar-refractivity contribution in [2.75, 3.05) is 7.11 Å². The molecule has 5 heteroatoms. The third-order valence-corrected chi connectivity index (χ3v) is 5.46. The number of carbonyl (C=O) groups is 2. The maximum Gasteiger partial charge on any atom is 0.309 e. The summed E-state index contributed by atoms with van der Waals surface area (Å²) in [7, 11) is 1.68. The van der Waals surface area contributed by atoms with Crippen LogP contribution in [0.2, 0.25) is 0 Å². The van der Waals surface area contributed by atoms with Crippen LogP contribution in [-0.2, 0) is 23.8 Å². The minimum atomic E-state index is -0.589. The zero-order valence-corrected chi connectivity index (χ0v) is 13.0. The van der Waals surface area contributed by atoms with Crippen LogP contribution in [0.3, 0.4) is 0 Å². The van der Waals surface area contributed by atoms with Crippen molar-refractivity contribution in [3.63, 3.8) is 0 Å². The van der Waals surface area contributed by atoms with Crippen LogP contribution in [0.1, 0.15) is 52.4 Å². The van der Waals surface area contributed by atoms with Crippen molar-refractivity contribution >= 4 is 11.9 Å². The van der Waals surface area contributed by atoms with Crippen molar-refractivity contribution in [3.8, 4) is 0 Å². The Balaban J connectivity index is 1.88. The quantitative estimate of drug-likeness (QED) is 0.744. The molecule has 5 nitrogen and oxygen atoms in total. The van der Waals surface area contributed by atoms with Gasteiger partial charge in [-0.1, -0.05) is 13.8 Å². The molecule has 0 aromatic rings. The molecule has 0 radical (unpaired) electrons. The molecular formula is C16H24O5. The standard InChI is InChI=1S/C16H24O5/c1-4-10(2)13(17)21-16-6-11-5-15(9-16,19-3)7-12(8-16)20-14(11)18/h10-12H,4-9H2,1-3H3. The van der Waals surface area contributed by atoms with Gasteiger partial charge in [0.1, 0.15) is 11.7 Å². The average molecular weight is 296 g/mol. The molecule has 0 N–H and O–H groups in total. The van der Waals surface area contributed by atoms with Gasteiger partial charge < -0.3 is 14.2 Å². The third kappa shape index (κ3) is 2.45. The van der Waals surface area contributed by atoms with E-state index in [1.165, 1.54) is 0 Å². The van der Waals surface area contributed by atoms with Gasteiger partial charge in [-0.3, -0.25) is 9.59 Å². The molecule has 21 heavy (non-hydrogen) atoms. The SMILES string of the molecule is CCC(C)C(=O)OC12CC3CC(OC)(CC(C1)C(=O)O3)C2. The summed E-state index contributed by atoms with van der Waals surface area (Å²) in [5.41, 5.74) is -0.970. The van der Waals surface area contributed by atoms with Crippen LogP contribution in [0.5, 0.6) is 0 Å². The number of carbonyl (C=O) groups excluding carboxylic acids is 2. The summed E-state index contributed by atoms with van der Waals surface area (Å²) in [6, 6.07) is 0. The zero-order valence-electron chi connectivity index (χ0n) is 13.0. The molecule has 5 atom stereocenters. The number of hydrogen-bond acceptors (Lipinski definition) is 5. The molecule has 4 aliphatic rings. The van der Waals surface area contributed by atoms with Crippen molar-refractivity contribution in [3.05, 3.63) is 0 Å². The van der Waals surface area contributed by atoms with Gasteiger partial charge in [-0.15, -0.1) is 0 Å². The number of hydrogen-bond donors (Lipinski definition) is 0. The Morgan fingerprint density at radius 3 is 2.67 bits per heavy atom. The molecule has 4 rings (SSSR count). The second-order valence-corrected chi connectivity index (χ2v) is 7.05. The number of esters is 2. The summed E-state index contributed by atoms with van der Waals surface area (Å²) in [4.78, 5) is 24.4. The molecule has 4 bridgehead atoms. The van der Waals surface area contributed by atoms with Gasteiger partial charge in [0.25, 0.3) is 0 Å². The Morgan fingerprint density at radius 2 is 2.00 bits per heavy atom. The smallest absolute Gasteiger partial charge is 0.309 e. The van der Waals surface area contributed by atoms with Crippen LogP contribution in [0, 0.1) is 11.8 Å². The molecule has 5 unspecified atom stereocenters. The first-order valence-electron chi connectivity index (χ1n) is 7.89. The van der Waals surface area contributed by atoms with E-state index in [1.807, 2.05) is 13.8 Å². The predicted molar refractivity (Wildman–Crippen MR) is 74.5 cm³/mol. The van der Waals surface area contributed by atoms with Crippen molar-refractivity contribution in [1.29, 1.82) is 0 Å². The highest BCUT2D eigenvalue weighted by Gasteiger charge is 2.61. The maximum atomic E-state index is 12.3. The summed E-state index contributed by atoms with van der Waals surface area (Å²) >= 11 is 0. The lowest BCUT2D eigenvalue weighted by atomic mass is 9.62. The molecule has 2 saturated heterocycles. The van der Waals surface area contributed by atoms with Gasteiger partial charge in [-0.05, 0) is 12.8 Å². The Kier molecular flexibility index (Phi) is 3.51. The lowest BCUT2D eigenvalue weighted by molar-refractivity contribution is -0.203. The van der Waals surface area contributed by atoms with Gasteiger partial charge in [0.05, 0.1) is 17.4 Å². The Labute approximate surface area is 125 Å². The molecule has 0 amide bonds. The molecule has 0 aromatic carbocycles. The van der Waals surface area contributed by atoms with Crippen LogP contribution in [0.15, 0.2) is 0 Å². The molecule has 2 aliphatic carbocycles. The monoisotopic (exact) mass is 296 g/mol. The fraction of sp³-hybridized carbons (Fsp3) is 0.875. The summed E-state index contributed by atoms with van der Waals surface area (Å²) in [5.74, 6) is -0.649. The highest BCUT2D eigenvalue weighted by atomic mass is 16.6. The van der Waals surface area contributed by atoms with Crippen LogP contribution < -0.4 is 0 Å². The van der Waals surface area contributed by atoms with E-state index < -0.39 is 5.60 Å². The van der Waals surface area contributed by atoms with Gasteiger partial charge in [0, 0.05) is 32.8 Å². The molecule has 0 aromatic heterocycles. The molecule has 4 fully saturated rings. The topological polar surface area (TPSA) is 61.8 Å². The minimum absolute atomic E-state index is 0.116. The third-order valence-electron chi connectivity index (χ3n) is 5.46. The molecule has 2 saturated carbocycles. The van der Waals surface area contributed by atoms with Gasteiger partial charge in [-0.25, -0.2) is 0 Å².